The number of fused-ring (bicyclic) bond motifs is 1. The Labute approximate surface area is 190 Å². The van der Waals surface area contributed by atoms with Gasteiger partial charge in [0.05, 0.1) is 0 Å². The second kappa shape index (κ2) is 9.91. The molecule has 0 saturated heterocycles. The summed E-state index contributed by atoms with van der Waals surface area (Å²) in [7, 11) is 0. The number of pyridine rings is 1. The van der Waals surface area contributed by atoms with Crippen molar-refractivity contribution in [1.82, 2.24) is 10.3 Å². The van der Waals surface area contributed by atoms with Crippen molar-refractivity contribution >= 4 is 28.5 Å². The molecule has 1 unspecified atom stereocenters. The van der Waals surface area contributed by atoms with Crippen LogP contribution in [0.3, 0.4) is 0 Å². The highest BCUT2D eigenvalue weighted by Crippen LogP contribution is 2.29. The fourth-order valence-corrected chi connectivity index (χ4v) is 3.62. The van der Waals surface area contributed by atoms with Crippen molar-refractivity contribution in [3.8, 4) is 0 Å². The average molecular weight is 441 g/mol. The van der Waals surface area contributed by atoms with Gasteiger partial charge < -0.3 is 9.73 Å². The number of nitrogens with zero attached hydrogens (tertiary/aromatic N) is 2. The number of nitrogens with one attached hydrogen (secondary N) is 1. The first-order valence-corrected chi connectivity index (χ1v) is 10.7. The zero-order valence-electron chi connectivity index (χ0n) is 18.1. The number of amides is 2. The number of carbonyl (C=O) groups is 2. The van der Waals surface area contributed by atoms with Crippen molar-refractivity contribution in [3.05, 3.63) is 107 Å². The van der Waals surface area contributed by atoms with Gasteiger partial charge in [0, 0.05) is 30.0 Å². The van der Waals surface area contributed by atoms with Crippen molar-refractivity contribution in [3.63, 3.8) is 0 Å². The molecule has 0 aliphatic rings. The first-order valence-electron chi connectivity index (χ1n) is 10.7. The number of rotatable bonds is 7. The van der Waals surface area contributed by atoms with E-state index >= 15 is 0 Å². The van der Waals surface area contributed by atoms with Crippen LogP contribution in [0.1, 0.15) is 35.3 Å². The lowest BCUT2D eigenvalue weighted by Crippen LogP contribution is -2.45. The SMILES string of the molecule is CCCNC(=O)C(c1ccncc1)N(C(=O)c1cc2ccccc2oc1=O)c1ccccc1. The lowest BCUT2D eigenvalue weighted by Gasteiger charge is -2.31. The predicted molar refractivity (Wildman–Crippen MR) is 126 cm³/mol. The van der Waals surface area contributed by atoms with E-state index in [0.29, 0.717) is 28.8 Å². The number of carbonyl (C=O) groups excluding carboxylic acids is 2. The molecular weight excluding hydrogens is 418 g/mol. The molecule has 4 rings (SSSR count). The fraction of sp³-hybridized carbons (Fsp3) is 0.154. The third kappa shape index (κ3) is 4.67. The van der Waals surface area contributed by atoms with Gasteiger partial charge in [-0.15, -0.1) is 0 Å². The van der Waals surface area contributed by atoms with E-state index in [0.717, 1.165) is 6.42 Å². The van der Waals surface area contributed by atoms with Crippen LogP contribution < -0.4 is 15.8 Å². The van der Waals surface area contributed by atoms with E-state index in [1.807, 2.05) is 13.0 Å². The quantitative estimate of drug-likeness (QED) is 0.436. The Morgan fingerprint density at radius 1 is 1.00 bits per heavy atom. The maximum Gasteiger partial charge on any atom is 0.349 e. The summed E-state index contributed by atoms with van der Waals surface area (Å²) in [6.45, 7) is 2.40. The van der Waals surface area contributed by atoms with Gasteiger partial charge in [-0.25, -0.2) is 4.79 Å². The van der Waals surface area contributed by atoms with Crippen molar-refractivity contribution in [2.45, 2.75) is 19.4 Å². The second-order valence-corrected chi connectivity index (χ2v) is 7.47. The monoisotopic (exact) mass is 441 g/mol. The lowest BCUT2D eigenvalue weighted by molar-refractivity contribution is -0.122. The number of anilines is 1. The van der Waals surface area contributed by atoms with E-state index in [1.165, 1.54) is 11.0 Å². The molecule has 0 saturated carbocycles. The van der Waals surface area contributed by atoms with Crippen LogP contribution in [0, 0.1) is 0 Å². The largest absolute Gasteiger partial charge is 0.422 e. The van der Waals surface area contributed by atoms with Gasteiger partial charge in [-0.3, -0.25) is 19.5 Å². The van der Waals surface area contributed by atoms with E-state index in [4.69, 9.17) is 4.42 Å². The third-order valence-corrected chi connectivity index (χ3v) is 5.20. The molecule has 0 spiro atoms. The molecule has 7 nitrogen and oxygen atoms in total. The maximum atomic E-state index is 13.9. The Balaban J connectivity index is 1.88. The topological polar surface area (TPSA) is 92.5 Å². The predicted octanol–water partition coefficient (Wildman–Crippen LogP) is 4.10. The molecule has 2 heterocycles. The smallest absolute Gasteiger partial charge is 0.349 e. The Bertz CT molecular complexity index is 1320. The molecular formula is C26H23N3O4. The van der Waals surface area contributed by atoms with E-state index in [2.05, 4.69) is 10.3 Å². The van der Waals surface area contributed by atoms with Crippen LogP contribution in [0.2, 0.25) is 0 Å². The minimum Gasteiger partial charge on any atom is -0.422 e. The van der Waals surface area contributed by atoms with E-state index in [-0.39, 0.29) is 11.5 Å². The van der Waals surface area contributed by atoms with E-state index in [1.54, 1.807) is 73.1 Å². The van der Waals surface area contributed by atoms with Gasteiger partial charge in [0.25, 0.3) is 5.91 Å². The van der Waals surface area contributed by atoms with Crippen LogP contribution in [0.4, 0.5) is 5.69 Å². The standard InChI is InChI=1S/C26H23N3O4/c1-2-14-28-24(30)23(18-12-15-27-16-13-18)29(20-9-4-3-5-10-20)25(31)21-17-19-8-6-7-11-22(19)33-26(21)32/h3-13,15-17,23H,2,14H2,1H3,(H,28,30). The van der Waals surface area contributed by atoms with Crippen LogP contribution in [0.15, 0.2) is 94.4 Å². The zero-order valence-corrected chi connectivity index (χ0v) is 18.1. The highest BCUT2D eigenvalue weighted by Gasteiger charge is 2.34. The maximum absolute atomic E-state index is 13.9. The molecule has 2 aromatic heterocycles. The van der Waals surface area contributed by atoms with Crippen LogP contribution >= 0.6 is 0 Å². The van der Waals surface area contributed by atoms with Crippen molar-refractivity contribution in [2.24, 2.45) is 0 Å². The van der Waals surface area contributed by atoms with Gasteiger partial charge in [-0.1, -0.05) is 43.3 Å². The summed E-state index contributed by atoms with van der Waals surface area (Å²) in [5.74, 6) is -0.986. The second-order valence-electron chi connectivity index (χ2n) is 7.47. The number of benzene rings is 2. The number of para-hydroxylation sites is 2. The van der Waals surface area contributed by atoms with Crippen LogP contribution in [-0.2, 0) is 4.79 Å². The lowest BCUT2D eigenvalue weighted by atomic mass is 10.0. The van der Waals surface area contributed by atoms with Crippen molar-refractivity contribution in [2.75, 3.05) is 11.4 Å². The van der Waals surface area contributed by atoms with Gasteiger partial charge >= 0.3 is 5.63 Å². The molecule has 1 atom stereocenters. The first kappa shape index (κ1) is 22.0. The normalized spacial score (nSPS) is 11.7. The Kier molecular flexibility index (Phi) is 6.59. The Hall–Kier alpha value is -4.26. The minimum atomic E-state index is -1.01. The first-order chi connectivity index (χ1) is 16.1. The number of hydrogen-bond acceptors (Lipinski definition) is 5. The van der Waals surface area contributed by atoms with E-state index < -0.39 is 17.6 Å². The molecule has 2 amide bonds. The van der Waals surface area contributed by atoms with Gasteiger partial charge in [0.2, 0.25) is 5.91 Å². The van der Waals surface area contributed by atoms with Crippen molar-refractivity contribution < 1.29 is 14.0 Å². The van der Waals surface area contributed by atoms with Gasteiger partial charge in [-0.2, -0.15) is 0 Å². The molecule has 0 aliphatic heterocycles. The van der Waals surface area contributed by atoms with Crippen LogP contribution in [0.25, 0.3) is 11.0 Å². The Morgan fingerprint density at radius 2 is 1.70 bits per heavy atom. The molecule has 1 N–H and O–H groups in total. The van der Waals surface area contributed by atoms with E-state index in [9.17, 15) is 14.4 Å². The molecule has 4 aromatic rings. The number of aromatic nitrogens is 1. The summed E-state index contributed by atoms with van der Waals surface area (Å²) in [6.07, 6.45) is 3.86. The van der Waals surface area contributed by atoms with Crippen LogP contribution in [-0.4, -0.2) is 23.3 Å². The van der Waals surface area contributed by atoms with Crippen molar-refractivity contribution in [1.29, 1.82) is 0 Å². The summed E-state index contributed by atoms with van der Waals surface area (Å²) in [4.78, 5) is 45.4. The summed E-state index contributed by atoms with van der Waals surface area (Å²) < 4.78 is 5.40. The minimum absolute atomic E-state index is 0.153. The molecule has 33 heavy (non-hydrogen) atoms. The number of hydrogen-bond donors (Lipinski definition) is 1. The molecule has 7 heteroatoms. The Morgan fingerprint density at radius 3 is 2.42 bits per heavy atom. The van der Waals surface area contributed by atoms with Gasteiger partial charge in [-0.05, 0) is 48.4 Å². The van der Waals surface area contributed by atoms with Crippen LogP contribution in [0.5, 0.6) is 0 Å². The molecule has 166 valence electrons. The molecule has 0 radical (unpaired) electrons. The average Bonchev–Trinajstić information content (AvgIpc) is 2.86. The van der Waals surface area contributed by atoms with Gasteiger partial charge in [0.1, 0.15) is 17.2 Å². The third-order valence-electron chi connectivity index (χ3n) is 5.20. The summed E-state index contributed by atoms with van der Waals surface area (Å²) in [5.41, 5.74) is 0.517. The highest BCUT2D eigenvalue weighted by molar-refractivity contribution is 6.10. The molecule has 0 bridgehead atoms. The summed E-state index contributed by atoms with van der Waals surface area (Å²) in [5, 5.41) is 3.49. The molecule has 0 aliphatic carbocycles. The highest BCUT2D eigenvalue weighted by atomic mass is 16.4. The fourth-order valence-electron chi connectivity index (χ4n) is 3.62. The summed E-state index contributed by atoms with van der Waals surface area (Å²) in [6, 6.07) is 19.6. The molecule has 0 fully saturated rings. The summed E-state index contributed by atoms with van der Waals surface area (Å²) >= 11 is 0. The molecule has 2 aromatic carbocycles. The zero-order chi connectivity index (χ0) is 23.2. The van der Waals surface area contributed by atoms with Gasteiger partial charge in [0.15, 0.2) is 0 Å².